The van der Waals surface area contributed by atoms with Crippen molar-refractivity contribution >= 4 is 28.8 Å². The quantitative estimate of drug-likeness (QED) is 0.177. The van der Waals surface area contributed by atoms with E-state index in [0.29, 0.717) is 29.0 Å². The van der Waals surface area contributed by atoms with Crippen molar-refractivity contribution in [1.29, 1.82) is 0 Å². The first-order chi connectivity index (χ1) is 18.4. The van der Waals surface area contributed by atoms with Gasteiger partial charge in [0.1, 0.15) is 24.7 Å². The van der Waals surface area contributed by atoms with Crippen LogP contribution in [0.15, 0.2) is 95.2 Å². The van der Waals surface area contributed by atoms with Crippen LogP contribution in [0, 0.1) is 16.0 Å². The van der Waals surface area contributed by atoms with E-state index in [9.17, 15) is 19.7 Å². The van der Waals surface area contributed by atoms with Crippen molar-refractivity contribution in [2.24, 2.45) is 5.92 Å². The number of benzene rings is 2. The minimum absolute atomic E-state index is 0.00182. The molecular weight excluding hydrogens is 504 g/mol. The topological polar surface area (TPSA) is 108 Å². The first-order valence-electron chi connectivity index (χ1n) is 12.3. The van der Waals surface area contributed by atoms with Gasteiger partial charge in [0.2, 0.25) is 0 Å². The van der Waals surface area contributed by atoms with Gasteiger partial charge in [-0.25, -0.2) is 4.79 Å². The molecule has 194 valence electrons. The number of nitrogens with zero attached hydrogens (tertiary/aromatic N) is 1. The van der Waals surface area contributed by atoms with Crippen LogP contribution in [0.1, 0.15) is 35.6 Å². The Hall–Kier alpha value is -4.24. The highest BCUT2D eigenvalue weighted by Crippen LogP contribution is 2.46. The van der Waals surface area contributed by atoms with E-state index in [4.69, 9.17) is 9.47 Å². The fraction of sp³-hybridized carbons (Fsp3) is 0.241. The van der Waals surface area contributed by atoms with Gasteiger partial charge < -0.3 is 14.8 Å². The van der Waals surface area contributed by atoms with E-state index >= 15 is 0 Å². The van der Waals surface area contributed by atoms with Crippen molar-refractivity contribution in [1.82, 2.24) is 5.32 Å². The van der Waals surface area contributed by atoms with Crippen LogP contribution in [0.3, 0.4) is 0 Å². The van der Waals surface area contributed by atoms with E-state index < -0.39 is 22.7 Å². The Balaban J connectivity index is 1.44. The molecule has 38 heavy (non-hydrogen) atoms. The van der Waals surface area contributed by atoms with Crippen LogP contribution in [-0.4, -0.2) is 29.9 Å². The van der Waals surface area contributed by atoms with E-state index in [1.165, 1.54) is 12.1 Å². The average molecular weight is 531 g/mol. The third-order valence-corrected chi connectivity index (χ3v) is 7.79. The molecule has 1 aliphatic heterocycles. The summed E-state index contributed by atoms with van der Waals surface area (Å²) in [6.45, 7) is 1.98. The lowest BCUT2D eigenvalue weighted by Gasteiger charge is -2.39. The summed E-state index contributed by atoms with van der Waals surface area (Å²) in [5, 5.41) is 16.5. The number of ether oxygens (including phenoxy) is 2. The van der Waals surface area contributed by atoms with Gasteiger partial charge in [-0.1, -0.05) is 42.5 Å². The van der Waals surface area contributed by atoms with Crippen LogP contribution in [0.25, 0.3) is 0 Å². The zero-order valence-electron chi connectivity index (χ0n) is 20.7. The number of para-hydroxylation sites is 1. The van der Waals surface area contributed by atoms with Gasteiger partial charge in [-0.2, -0.15) is 0 Å². The zero-order valence-corrected chi connectivity index (χ0v) is 21.5. The molecule has 1 aromatic heterocycles. The van der Waals surface area contributed by atoms with Crippen LogP contribution in [0.2, 0.25) is 0 Å². The lowest BCUT2D eigenvalue weighted by Crippen LogP contribution is -2.42. The SMILES string of the molecule is CC1=C(C(=O)OCCOc2ccccc2)C(c2ccc([N+](=O)[O-])cc2)C2C(=O)CC(c3cccs3)C=C2N1. The van der Waals surface area contributed by atoms with Gasteiger partial charge >= 0.3 is 5.97 Å². The Bertz CT molecular complexity index is 1400. The normalized spacial score (nSPS) is 20.7. The van der Waals surface area contributed by atoms with Crippen LogP contribution in [-0.2, 0) is 14.3 Å². The third-order valence-electron chi connectivity index (χ3n) is 6.78. The highest BCUT2D eigenvalue weighted by molar-refractivity contribution is 7.10. The molecule has 9 heteroatoms. The number of rotatable bonds is 8. The number of allylic oxidation sites excluding steroid dienone is 3. The monoisotopic (exact) mass is 530 g/mol. The fourth-order valence-corrected chi connectivity index (χ4v) is 5.88. The van der Waals surface area contributed by atoms with E-state index in [-0.39, 0.29) is 30.6 Å². The van der Waals surface area contributed by atoms with Crippen molar-refractivity contribution < 1.29 is 24.0 Å². The first-order valence-corrected chi connectivity index (χ1v) is 13.1. The van der Waals surface area contributed by atoms with Crippen LogP contribution in [0.4, 0.5) is 5.69 Å². The second kappa shape index (κ2) is 11.0. The molecule has 5 rings (SSSR count). The van der Waals surface area contributed by atoms with Crippen molar-refractivity contribution in [3.8, 4) is 5.75 Å². The Morgan fingerprint density at radius 2 is 1.82 bits per heavy atom. The number of carbonyl (C=O) groups excluding carboxylic acids is 2. The molecule has 0 spiro atoms. The van der Waals surface area contributed by atoms with Gasteiger partial charge in [-0.3, -0.25) is 14.9 Å². The fourth-order valence-electron chi connectivity index (χ4n) is 5.08. The predicted molar refractivity (Wildman–Crippen MR) is 143 cm³/mol. The van der Waals surface area contributed by atoms with Gasteiger partial charge in [0, 0.05) is 46.7 Å². The number of fused-ring (bicyclic) bond motifs is 1. The lowest BCUT2D eigenvalue weighted by molar-refractivity contribution is -0.384. The molecule has 3 atom stereocenters. The highest BCUT2D eigenvalue weighted by Gasteiger charge is 2.45. The number of nitrogens with one attached hydrogen (secondary N) is 1. The largest absolute Gasteiger partial charge is 0.490 e. The molecule has 1 N–H and O–H groups in total. The lowest BCUT2D eigenvalue weighted by atomic mass is 9.69. The van der Waals surface area contributed by atoms with Crippen LogP contribution >= 0.6 is 11.3 Å². The molecule has 0 fully saturated rings. The summed E-state index contributed by atoms with van der Waals surface area (Å²) < 4.78 is 11.2. The van der Waals surface area contributed by atoms with E-state index in [1.54, 1.807) is 30.4 Å². The molecule has 2 heterocycles. The van der Waals surface area contributed by atoms with Crippen molar-refractivity contribution in [3.05, 3.63) is 116 Å². The number of thiophene rings is 1. The van der Waals surface area contributed by atoms with Gasteiger partial charge in [0.25, 0.3) is 5.69 Å². The number of hydrogen-bond acceptors (Lipinski definition) is 8. The molecule has 2 aromatic carbocycles. The van der Waals surface area contributed by atoms with Gasteiger partial charge in [-0.05, 0) is 36.1 Å². The first kappa shape index (κ1) is 25.4. The number of carbonyl (C=O) groups is 2. The molecule has 8 nitrogen and oxygen atoms in total. The molecule has 1 aliphatic carbocycles. The Labute approximate surface area is 223 Å². The summed E-state index contributed by atoms with van der Waals surface area (Å²) in [6.07, 6.45) is 2.38. The molecule has 0 saturated carbocycles. The zero-order chi connectivity index (χ0) is 26.6. The minimum atomic E-state index is -0.636. The molecule has 0 bridgehead atoms. The molecule has 3 aromatic rings. The Morgan fingerprint density at radius 3 is 2.50 bits per heavy atom. The highest BCUT2D eigenvalue weighted by atomic mass is 32.1. The maximum atomic E-state index is 13.6. The molecule has 0 saturated heterocycles. The maximum Gasteiger partial charge on any atom is 0.336 e. The summed E-state index contributed by atoms with van der Waals surface area (Å²) in [5.74, 6) is -1.19. The van der Waals surface area contributed by atoms with Gasteiger partial charge in [0.05, 0.1) is 16.4 Å². The van der Waals surface area contributed by atoms with Gasteiger partial charge in [0.15, 0.2) is 0 Å². The van der Waals surface area contributed by atoms with Gasteiger partial charge in [-0.15, -0.1) is 11.3 Å². The molecule has 0 radical (unpaired) electrons. The van der Waals surface area contributed by atoms with Crippen molar-refractivity contribution in [2.75, 3.05) is 13.2 Å². The summed E-state index contributed by atoms with van der Waals surface area (Å²) in [5.41, 5.74) is 2.24. The molecule has 0 amide bonds. The number of esters is 1. The van der Waals surface area contributed by atoms with Crippen molar-refractivity contribution in [3.63, 3.8) is 0 Å². The smallest absolute Gasteiger partial charge is 0.336 e. The summed E-state index contributed by atoms with van der Waals surface area (Å²) in [7, 11) is 0. The third kappa shape index (κ3) is 5.24. The second-order valence-electron chi connectivity index (χ2n) is 9.18. The molecular formula is C29H26N2O6S. The number of nitro benzene ring substituents is 1. The second-order valence-corrected chi connectivity index (χ2v) is 10.2. The molecule has 3 unspecified atom stereocenters. The van der Waals surface area contributed by atoms with E-state index in [0.717, 1.165) is 10.6 Å². The summed E-state index contributed by atoms with van der Waals surface area (Å²) >= 11 is 1.60. The molecule has 2 aliphatic rings. The number of Topliss-reactive ketones (excluding diaryl/α,β-unsaturated/α-hetero) is 1. The predicted octanol–water partition coefficient (Wildman–Crippen LogP) is 5.50. The van der Waals surface area contributed by atoms with Crippen LogP contribution < -0.4 is 10.1 Å². The number of non-ortho nitro benzene ring substituents is 1. The van der Waals surface area contributed by atoms with E-state index in [1.807, 2.05) is 47.8 Å². The standard InChI is InChI=1S/C29H26N2O6S/c1-18-26(29(33)37-14-13-36-22-6-3-2-4-7-22)27(19-9-11-21(12-10-19)31(34)35)28-23(30-18)16-20(17-24(28)32)25-8-5-15-38-25/h2-12,15-16,20,27-28,30H,13-14,17H2,1H3. The minimum Gasteiger partial charge on any atom is -0.490 e. The average Bonchev–Trinajstić information content (AvgIpc) is 3.46. The number of ketones is 1. The summed E-state index contributed by atoms with van der Waals surface area (Å²) in [4.78, 5) is 38.9. The maximum absolute atomic E-state index is 13.6. The van der Waals surface area contributed by atoms with Crippen LogP contribution in [0.5, 0.6) is 5.75 Å². The number of nitro groups is 1. The number of hydrogen-bond donors (Lipinski definition) is 1. The van der Waals surface area contributed by atoms with E-state index in [2.05, 4.69) is 11.4 Å². The Kier molecular flexibility index (Phi) is 7.37. The Morgan fingerprint density at radius 1 is 1.05 bits per heavy atom. The summed E-state index contributed by atoms with van der Waals surface area (Å²) in [6, 6.07) is 19.2. The van der Waals surface area contributed by atoms with Crippen molar-refractivity contribution in [2.45, 2.75) is 25.2 Å².